The molecule has 26 heavy (non-hydrogen) atoms. The van der Waals surface area contributed by atoms with Gasteiger partial charge < -0.3 is 9.72 Å². The van der Waals surface area contributed by atoms with Crippen LogP contribution in [0.15, 0.2) is 46.4 Å². The summed E-state index contributed by atoms with van der Waals surface area (Å²) in [6.45, 7) is 4.05. The number of ether oxygens (including phenoxy) is 1. The van der Waals surface area contributed by atoms with Gasteiger partial charge in [0.2, 0.25) is 5.56 Å². The van der Waals surface area contributed by atoms with Crippen molar-refractivity contribution in [3.63, 3.8) is 0 Å². The van der Waals surface area contributed by atoms with Gasteiger partial charge >= 0.3 is 0 Å². The van der Waals surface area contributed by atoms with Crippen molar-refractivity contribution in [2.45, 2.75) is 18.4 Å². The second kappa shape index (κ2) is 5.95. The van der Waals surface area contributed by atoms with E-state index in [-0.39, 0.29) is 11.2 Å². The zero-order valence-electron chi connectivity index (χ0n) is 14.4. The third kappa shape index (κ3) is 2.68. The fraction of sp³-hybridized carbons (Fsp3) is 0.421. The Balaban J connectivity index is 1.32. The van der Waals surface area contributed by atoms with E-state index in [0.717, 1.165) is 24.2 Å². The van der Waals surface area contributed by atoms with Crippen LogP contribution >= 0.6 is 0 Å². The molecule has 4 aliphatic rings. The molecule has 6 rings (SSSR count). The summed E-state index contributed by atoms with van der Waals surface area (Å²) in [7, 11) is 0. The highest BCUT2D eigenvalue weighted by Gasteiger charge is 2.51. The van der Waals surface area contributed by atoms with Crippen molar-refractivity contribution in [2.24, 2.45) is 10.9 Å². The van der Waals surface area contributed by atoms with Crippen molar-refractivity contribution < 1.29 is 4.74 Å². The molecule has 4 aliphatic heterocycles. The van der Waals surface area contributed by atoms with Crippen molar-refractivity contribution in [1.82, 2.24) is 14.9 Å². The van der Waals surface area contributed by atoms with Crippen LogP contribution < -0.4 is 10.9 Å². The first-order chi connectivity index (χ1) is 12.7. The molecular weight excluding hydrogens is 330 g/mol. The van der Waals surface area contributed by atoms with Gasteiger partial charge in [-0.2, -0.15) is 0 Å². The Morgan fingerprint density at radius 3 is 2.85 bits per heavy atom. The summed E-state index contributed by atoms with van der Waals surface area (Å²) in [5.41, 5.74) is 1.63. The van der Waals surface area contributed by atoms with Crippen LogP contribution in [-0.4, -0.2) is 52.7 Å². The minimum absolute atomic E-state index is 0.113. The second-order valence-electron chi connectivity index (χ2n) is 7.33. The van der Waals surface area contributed by atoms with E-state index in [1.54, 1.807) is 18.5 Å². The van der Waals surface area contributed by atoms with Gasteiger partial charge in [-0.05, 0) is 55.3 Å². The summed E-state index contributed by atoms with van der Waals surface area (Å²) in [6, 6.07) is 7.71. The topological polar surface area (TPSA) is 82.6 Å². The number of fused-ring (bicyclic) bond motifs is 2. The van der Waals surface area contributed by atoms with E-state index >= 15 is 0 Å². The van der Waals surface area contributed by atoms with E-state index in [4.69, 9.17) is 4.74 Å². The van der Waals surface area contributed by atoms with Gasteiger partial charge in [0.25, 0.3) is 6.02 Å². The molecule has 0 aliphatic carbocycles. The summed E-state index contributed by atoms with van der Waals surface area (Å²) < 4.78 is 6.30. The number of nitrogens with one attached hydrogen (secondary N) is 2. The van der Waals surface area contributed by atoms with Gasteiger partial charge in [0.1, 0.15) is 11.4 Å². The zero-order chi connectivity index (χ0) is 17.6. The predicted octanol–water partition coefficient (Wildman–Crippen LogP) is 1.70. The molecule has 1 spiro atoms. The van der Waals surface area contributed by atoms with Crippen LogP contribution in [0.25, 0.3) is 11.1 Å². The molecule has 3 fully saturated rings. The Kier molecular flexibility index (Phi) is 3.56. The standard InChI is InChI=1S/C19H21N5O2/c25-17-2-1-14(10-21-17)13-3-6-20-16(9-13)23-18-22-11-19(26-18)12-24-7-4-15(19)5-8-24/h1-3,6,9-10,15H,4-5,7-8,11-12H2,(H,21,25)(H,20,22,23)/t19-/m0/s1. The van der Waals surface area contributed by atoms with E-state index in [1.807, 2.05) is 12.1 Å². The van der Waals surface area contributed by atoms with Crippen molar-refractivity contribution in [3.05, 3.63) is 47.0 Å². The minimum atomic E-state index is -0.157. The van der Waals surface area contributed by atoms with Crippen LogP contribution in [-0.2, 0) is 4.74 Å². The lowest BCUT2D eigenvalue weighted by molar-refractivity contribution is -0.0829. The molecule has 0 saturated carbocycles. The maximum atomic E-state index is 11.2. The Morgan fingerprint density at radius 1 is 1.23 bits per heavy atom. The number of rotatable bonds is 2. The first kappa shape index (κ1) is 15.6. The lowest BCUT2D eigenvalue weighted by Crippen LogP contribution is -2.61. The molecule has 0 aromatic carbocycles. The van der Waals surface area contributed by atoms with Crippen LogP contribution in [0, 0.1) is 5.92 Å². The molecule has 3 saturated heterocycles. The number of pyridine rings is 2. The van der Waals surface area contributed by atoms with Crippen molar-refractivity contribution in [3.8, 4) is 11.1 Å². The molecule has 7 nitrogen and oxygen atoms in total. The van der Waals surface area contributed by atoms with Gasteiger partial charge in [-0.3, -0.25) is 15.0 Å². The van der Waals surface area contributed by atoms with Gasteiger partial charge in [-0.25, -0.2) is 9.98 Å². The molecule has 2 N–H and O–H groups in total. The van der Waals surface area contributed by atoms with Crippen LogP contribution in [0.2, 0.25) is 0 Å². The maximum absolute atomic E-state index is 11.2. The SMILES string of the molecule is O=c1ccc(-c2ccnc(NC3=NC[C@@]4(CN5CCC4CC5)O3)c2)c[nH]1. The summed E-state index contributed by atoms with van der Waals surface area (Å²) in [5, 5.41) is 3.22. The van der Waals surface area contributed by atoms with Gasteiger partial charge in [0.05, 0.1) is 6.54 Å². The van der Waals surface area contributed by atoms with Crippen LogP contribution in [0.1, 0.15) is 12.8 Å². The fourth-order valence-corrected chi connectivity index (χ4v) is 4.33. The fourth-order valence-electron chi connectivity index (χ4n) is 4.33. The highest BCUT2D eigenvalue weighted by Crippen LogP contribution is 2.40. The van der Waals surface area contributed by atoms with E-state index in [0.29, 0.717) is 17.8 Å². The monoisotopic (exact) mass is 351 g/mol. The van der Waals surface area contributed by atoms with Crippen LogP contribution in [0.4, 0.5) is 5.82 Å². The Labute approximate surface area is 151 Å². The van der Waals surface area contributed by atoms with Gasteiger partial charge in [0, 0.05) is 30.9 Å². The lowest BCUT2D eigenvalue weighted by atomic mass is 9.75. The average molecular weight is 351 g/mol. The molecule has 134 valence electrons. The molecule has 0 unspecified atom stereocenters. The molecule has 6 heterocycles. The molecule has 0 amide bonds. The summed E-state index contributed by atoms with van der Waals surface area (Å²) >= 11 is 0. The predicted molar refractivity (Wildman–Crippen MR) is 99.2 cm³/mol. The number of aliphatic imine (C=N–C) groups is 1. The summed E-state index contributed by atoms with van der Waals surface area (Å²) in [5.74, 6) is 1.28. The molecule has 1 atom stereocenters. The van der Waals surface area contributed by atoms with E-state index in [9.17, 15) is 4.79 Å². The number of aromatic nitrogens is 2. The number of nitrogens with zero attached hydrogens (tertiary/aromatic N) is 3. The quantitative estimate of drug-likeness (QED) is 0.861. The molecule has 2 bridgehead atoms. The molecular formula is C19H21N5O2. The largest absolute Gasteiger partial charge is 0.455 e. The molecule has 2 aromatic rings. The van der Waals surface area contributed by atoms with Gasteiger partial charge in [-0.1, -0.05) is 0 Å². The normalized spacial score (nSPS) is 29.5. The van der Waals surface area contributed by atoms with Crippen molar-refractivity contribution in [1.29, 1.82) is 0 Å². The van der Waals surface area contributed by atoms with Gasteiger partial charge in [-0.15, -0.1) is 0 Å². The van der Waals surface area contributed by atoms with Crippen molar-refractivity contribution >= 4 is 11.8 Å². The zero-order valence-corrected chi connectivity index (χ0v) is 14.4. The minimum Gasteiger partial charge on any atom is -0.455 e. The van der Waals surface area contributed by atoms with E-state index in [2.05, 4.69) is 25.2 Å². The van der Waals surface area contributed by atoms with Crippen molar-refractivity contribution in [2.75, 3.05) is 31.5 Å². The lowest BCUT2D eigenvalue weighted by Gasteiger charge is -2.50. The number of hydrogen-bond acceptors (Lipinski definition) is 6. The summed E-state index contributed by atoms with van der Waals surface area (Å²) in [4.78, 5) is 25.4. The molecule has 0 radical (unpaired) electrons. The Morgan fingerprint density at radius 2 is 2.12 bits per heavy atom. The third-order valence-electron chi connectivity index (χ3n) is 5.73. The van der Waals surface area contributed by atoms with Gasteiger partial charge in [0.15, 0.2) is 0 Å². The first-order valence-electron chi connectivity index (χ1n) is 9.08. The number of H-pyrrole nitrogens is 1. The maximum Gasteiger partial charge on any atom is 0.291 e. The third-order valence-corrected chi connectivity index (χ3v) is 5.73. The number of aromatic amines is 1. The van der Waals surface area contributed by atoms with E-state index in [1.165, 1.54) is 32.0 Å². The Bertz CT molecular complexity index is 896. The highest BCUT2D eigenvalue weighted by molar-refractivity contribution is 5.90. The van der Waals surface area contributed by atoms with E-state index < -0.39 is 0 Å². The first-order valence-corrected chi connectivity index (χ1v) is 9.08. The Hall–Kier alpha value is -2.67. The average Bonchev–Trinajstić information content (AvgIpc) is 3.05. The second-order valence-corrected chi connectivity index (χ2v) is 7.33. The molecule has 7 heteroatoms. The number of amidine groups is 1. The number of anilines is 1. The smallest absolute Gasteiger partial charge is 0.291 e. The highest BCUT2D eigenvalue weighted by atomic mass is 16.5. The molecule has 2 aromatic heterocycles. The van der Waals surface area contributed by atoms with Crippen LogP contribution in [0.3, 0.4) is 0 Å². The summed E-state index contributed by atoms with van der Waals surface area (Å²) in [6.07, 6.45) is 5.83. The number of hydrogen-bond donors (Lipinski definition) is 2. The number of piperidine rings is 3. The van der Waals surface area contributed by atoms with Crippen LogP contribution in [0.5, 0.6) is 0 Å².